The van der Waals surface area contributed by atoms with E-state index in [0.29, 0.717) is 36.7 Å². The van der Waals surface area contributed by atoms with Crippen LogP contribution in [0.1, 0.15) is 59.2 Å². The molecule has 0 saturated carbocycles. The van der Waals surface area contributed by atoms with Crippen LogP contribution >= 0.6 is 0 Å². The second-order valence-corrected chi connectivity index (χ2v) is 5.96. The van der Waals surface area contributed by atoms with E-state index in [1.807, 2.05) is 13.8 Å². The fourth-order valence-electron chi connectivity index (χ4n) is 2.37. The van der Waals surface area contributed by atoms with Gasteiger partial charge in [-0.2, -0.15) is 4.98 Å². The van der Waals surface area contributed by atoms with Crippen LogP contribution < -0.4 is 5.73 Å². The fraction of sp³-hybridized carbons (Fsp3) is 0.867. The number of aromatic nitrogens is 2. The first-order valence-corrected chi connectivity index (χ1v) is 7.62. The average Bonchev–Trinajstić information content (AvgIpc) is 2.86. The number of nitrogens with zero attached hydrogens (tertiary/aromatic N) is 2. The van der Waals surface area contributed by atoms with E-state index in [1.165, 1.54) is 0 Å². The van der Waals surface area contributed by atoms with Gasteiger partial charge in [-0.1, -0.05) is 25.9 Å². The molecule has 0 aliphatic carbocycles. The minimum absolute atomic E-state index is 0.392. The van der Waals surface area contributed by atoms with Crippen molar-refractivity contribution in [2.75, 3.05) is 13.2 Å². The standard InChI is InChI=1S/C15H29N3O2/c1-6-15(5,19-7-2)14-17-13(20-18-14)9-12(10-16)8-11(3)4/h11-12H,6-10,16H2,1-5H3/t12-,15?/m0/s1. The summed E-state index contributed by atoms with van der Waals surface area (Å²) in [4.78, 5) is 4.51. The fourth-order valence-corrected chi connectivity index (χ4v) is 2.37. The van der Waals surface area contributed by atoms with Crippen molar-refractivity contribution in [1.82, 2.24) is 10.1 Å². The predicted octanol–water partition coefficient (Wildman–Crippen LogP) is 2.89. The highest BCUT2D eigenvalue weighted by molar-refractivity contribution is 4.99. The van der Waals surface area contributed by atoms with Crippen molar-refractivity contribution in [3.8, 4) is 0 Å². The van der Waals surface area contributed by atoms with Gasteiger partial charge in [-0.15, -0.1) is 0 Å². The number of hydrogen-bond acceptors (Lipinski definition) is 5. The molecule has 0 amide bonds. The Hall–Kier alpha value is -0.940. The van der Waals surface area contributed by atoms with E-state index in [2.05, 4.69) is 30.9 Å². The van der Waals surface area contributed by atoms with Crippen LogP contribution in [0.2, 0.25) is 0 Å². The quantitative estimate of drug-likeness (QED) is 0.754. The molecular formula is C15H29N3O2. The maximum absolute atomic E-state index is 5.82. The lowest BCUT2D eigenvalue weighted by Gasteiger charge is -2.23. The molecule has 2 N–H and O–H groups in total. The molecule has 0 aromatic carbocycles. The van der Waals surface area contributed by atoms with Gasteiger partial charge in [0.1, 0.15) is 5.60 Å². The molecule has 1 heterocycles. The van der Waals surface area contributed by atoms with Crippen LogP contribution in [0, 0.1) is 11.8 Å². The topological polar surface area (TPSA) is 74.2 Å². The minimum atomic E-state index is -0.466. The number of ether oxygens (including phenoxy) is 1. The third kappa shape index (κ3) is 4.56. The van der Waals surface area contributed by atoms with Gasteiger partial charge in [-0.05, 0) is 45.1 Å². The second-order valence-electron chi connectivity index (χ2n) is 5.96. The number of hydrogen-bond donors (Lipinski definition) is 1. The Kier molecular flexibility index (Phi) is 6.62. The Bertz CT molecular complexity index is 392. The zero-order valence-corrected chi connectivity index (χ0v) is 13.5. The lowest BCUT2D eigenvalue weighted by molar-refractivity contribution is -0.0403. The van der Waals surface area contributed by atoms with E-state index in [4.69, 9.17) is 15.0 Å². The first-order chi connectivity index (χ1) is 9.45. The molecule has 2 atom stereocenters. The van der Waals surface area contributed by atoms with Crippen LogP contribution in [0.25, 0.3) is 0 Å². The molecule has 20 heavy (non-hydrogen) atoms. The van der Waals surface area contributed by atoms with E-state index in [0.717, 1.165) is 19.3 Å². The molecule has 0 bridgehead atoms. The van der Waals surface area contributed by atoms with Crippen molar-refractivity contribution in [3.05, 3.63) is 11.7 Å². The SMILES string of the molecule is CCOC(C)(CC)c1noc(C[C@@H](CN)CC(C)C)n1. The lowest BCUT2D eigenvalue weighted by atomic mass is 9.94. The third-order valence-electron chi connectivity index (χ3n) is 3.68. The van der Waals surface area contributed by atoms with Gasteiger partial charge in [-0.3, -0.25) is 0 Å². The Morgan fingerprint density at radius 3 is 2.55 bits per heavy atom. The highest BCUT2D eigenvalue weighted by Gasteiger charge is 2.31. The third-order valence-corrected chi connectivity index (χ3v) is 3.68. The zero-order valence-electron chi connectivity index (χ0n) is 13.5. The largest absolute Gasteiger partial charge is 0.367 e. The Morgan fingerprint density at radius 2 is 2.05 bits per heavy atom. The van der Waals surface area contributed by atoms with E-state index < -0.39 is 5.60 Å². The summed E-state index contributed by atoms with van der Waals surface area (Å²) in [6.45, 7) is 11.7. The minimum Gasteiger partial charge on any atom is -0.367 e. The summed E-state index contributed by atoms with van der Waals surface area (Å²) in [5.74, 6) is 2.31. The van der Waals surface area contributed by atoms with Gasteiger partial charge in [0.2, 0.25) is 11.7 Å². The van der Waals surface area contributed by atoms with Crippen LogP contribution in [0.5, 0.6) is 0 Å². The molecule has 1 aromatic rings. The summed E-state index contributed by atoms with van der Waals surface area (Å²) < 4.78 is 11.1. The molecule has 0 aliphatic rings. The maximum atomic E-state index is 5.82. The highest BCUT2D eigenvalue weighted by atomic mass is 16.5. The summed E-state index contributed by atoms with van der Waals surface area (Å²) in [5, 5.41) is 4.09. The average molecular weight is 283 g/mol. The molecule has 0 aliphatic heterocycles. The van der Waals surface area contributed by atoms with Crippen LogP contribution in [0.4, 0.5) is 0 Å². The Balaban J connectivity index is 2.75. The summed E-state index contributed by atoms with van der Waals surface area (Å²) in [6.07, 6.45) is 2.63. The van der Waals surface area contributed by atoms with Gasteiger partial charge in [-0.25, -0.2) is 0 Å². The van der Waals surface area contributed by atoms with Crippen LogP contribution in [-0.2, 0) is 16.8 Å². The summed E-state index contributed by atoms with van der Waals surface area (Å²) in [5.41, 5.74) is 5.36. The lowest BCUT2D eigenvalue weighted by Crippen LogP contribution is -2.26. The molecule has 0 saturated heterocycles. The molecule has 5 heteroatoms. The van der Waals surface area contributed by atoms with Gasteiger partial charge in [0.15, 0.2) is 0 Å². The van der Waals surface area contributed by atoms with Crippen molar-refractivity contribution in [1.29, 1.82) is 0 Å². The first kappa shape index (κ1) is 17.1. The van der Waals surface area contributed by atoms with Crippen LogP contribution in [-0.4, -0.2) is 23.3 Å². The molecule has 5 nitrogen and oxygen atoms in total. The molecule has 1 unspecified atom stereocenters. The predicted molar refractivity (Wildman–Crippen MR) is 79.3 cm³/mol. The Morgan fingerprint density at radius 1 is 1.35 bits per heavy atom. The van der Waals surface area contributed by atoms with E-state index in [9.17, 15) is 0 Å². The van der Waals surface area contributed by atoms with Gasteiger partial charge in [0, 0.05) is 13.0 Å². The highest BCUT2D eigenvalue weighted by Crippen LogP contribution is 2.27. The Labute approximate surface area is 122 Å². The second kappa shape index (κ2) is 7.74. The van der Waals surface area contributed by atoms with Crippen molar-refractivity contribution in [2.24, 2.45) is 17.6 Å². The summed E-state index contributed by atoms with van der Waals surface area (Å²) >= 11 is 0. The summed E-state index contributed by atoms with van der Waals surface area (Å²) in [7, 11) is 0. The van der Waals surface area contributed by atoms with Gasteiger partial charge in [0.25, 0.3) is 0 Å². The maximum Gasteiger partial charge on any atom is 0.227 e. The number of nitrogens with two attached hydrogens (primary N) is 1. The van der Waals surface area contributed by atoms with Crippen molar-refractivity contribution >= 4 is 0 Å². The van der Waals surface area contributed by atoms with E-state index in [-0.39, 0.29) is 0 Å². The zero-order chi connectivity index (χ0) is 15.2. The molecule has 0 spiro atoms. The van der Waals surface area contributed by atoms with Crippen molar-refractivity contribution in [3.63, 3.8) is 0 Å². The van der Waals surface area contributed by atoms with Gasteiger partial charge >= 0.3 is 0 Å². The van der Waals surface area contributed by atoms with Crippen molar-refractivity contribution < 1.29 is 9.26 Å². The molecule has 0 radical (unpaired) electrons. The molecule has 0 fully saturated rings. The molecular weight excluding hydrogens is 254 g/mol. The number of rotatable bonds is 9. The first-order valence-electron chi connectivity index (χ1n) is 7.62. The normalized spacial score (nSPS) is 16.4. The monoisotopic (exact) mass is 283 g/mol. The van der Waals surface area contributed by atoms with Gasteiger partial charge in [0.05, 0.1) is 0 Å². The molecule has 116 valence electrons. The van der Waals surface area contributed by atoms with Crippen LogP contribution in [0.3, 0.4) is 0 Å². The van der Waals surface area contributed by atoms with Gasteiger partial charge < -0.3 is 15.0 Å². The molecule has 1 rings (SSSR count). The van der Waals surface area contributed by atoms with E-state index >= 15 is 0 Å². The van der Waals surface area contributed by atoms with Crippen molar-refractivity contribution in [2.45, 2.75) is 59.5 Å². The smallest absolute Gasteiger partial charge is 0.227 e. The summed E-state index contributed by atoms with van der Waals surface area (Å²) in [6, 6.07) is 0. The molecule has 1 aromatic heterocycles. The van der Waals surface area contributed by atoms with Crippen LogP contribution in [0.15, 0.2) is 4.52 Å². The van der Waals surface area contributed by atoms with E-state index in [1.54, 1.807) is 0 Å².